The van der Waals surface area contributed by atoms with Gasteiger partial charge in [0.25, 0.3) is 0 Å². The lowest BCUT2D eigenvalue weighted by atomic mass is 10.0. The summed E-state index contributed by atoms with van der Waals surface area (Å²) in [6, 6.07) is -4.10. The van der Waals surface area contributed by atoms with Gasteiger partial charge in [0.2, 0.25) is 17.7 Å². The van der Waals surface area contributed by atoms with Crippen molar-refractivity contribution in [1.29, 1.82) is 0 Å². The number of thioether (sulfide) groups is 1. The quantitative estimate of drug-likeness (QED) is 0.156. The molecule has 8 N–H and O–H groups in total. The summed E-state index contributed by atoms with van der Waals surface area (Å²) in [6.45, 7) is 3.36. The van der Waals surface area contributed by atoms with Crippen LogP contribution in [0.3, 0.4) is 0 Å². The molecule has 0 saturated heterocycles. The van der Waals surface area contributed by atoms with E-state index in [0.717, 1.165) is 0 Å². The minimum atomic E-state index is -1.16. The fourth-order valence-electron chi connectivity index (χ4n) is 3.37. The van der Waals surface area contributed by atoms with Crippen LogP contribution in [0.1, 0.15) is 31.7 Å². The number of rotatable bonds is 15. The van der Waals surface area contributed by atoms with Crippen LogP contribution in [0.5, 0.6) is 0 Å². The van der Waals surface area contributed by atoms with E-state index in [1.807, 2.05) is 6.26 Å². The van der Waals surface area contributed by atoms with E-state index in [0.29, 0.717) is 17.1 Å². The van der Waals surface area contributed by atoms with Crippen molar-refractivity contribution in [1.82, 2.24) is 35.9 Å². The van der Waals surface area contributed by atoms with E-state index in [2.05, 4.69) is 35.9 Å². The molecule has 0 spiro atoms. The number of hydrogen-bond donors (Lipinski definition) is 7. The lowest BCUT2D eigenvalue weighted by Gasteiger charge is -2.26. The monoisotopic (exact) mass is 522 g/mol. The molecule has 198 valence electrons. The summed E-state index contributed by atoms with van der Waals surface area (Å²) in [5, 5.41) is 17.3. The summed E-state index contributed by atoms with van der Waals surface area (Å²) in [4.78, 5) is 64.1. The molecule has 0 aliphatic heterocycles. The van der Waals surface area contributed by atoms with Crippen LogP contribution >= 0.6 is 11.8 Å². The van der Waals surface area contributed by atoms with Gasteiger partial charge in [-0.1, -0.05) is 13.8 Å². The summed E-state index contributed by atoms with van der Waals surface area (Å²) in [7, 11) is 0. The van der Waals surface area contributed by atoms with Crippen LogP contribution in [0.2, 0.25) is 0 Å². The van der Waals surface area contributed by atoms with Crippen molar-refractivity contribution in [2.45, 2.75) is 57.3 Å². The summed E-state index contributed by atoms with van der Waals surface area (Å²) < 4.78 is 0. The number of carboxylic acids is 1. The Balaban J connectivity index is 2.15. The van der Waals surface area contributed by atoms with Crippen LogP contribution in [-0.4, -0.2) is 84.9 Å². The predicted molar refractivity (Wildman–Crippen MR) is 134 cm³/mol. The molecule has 0 aliphatic carbocycles. The highest BCUT2D eigenvalue weighted by molar-refractivity contribution is 7.98. The Kier molecular flexibility index (Phi) is 11.4. The van der Waals surface area contributed by atoms with E-state index in [4.69, 9.17) is 5.73 Å². The van der Waals surface area contributed by atoms with Gasteiger partial charge in [-0.05, 0) is 24.3 Å². The van der Waals surface area contributed by atoms with Crippen LogP contribution in [-0.2, 0) is 32.0 Å². The molecule has 0 bridgehead atoms. The standard InChI is InChI=1S/C22H34N8O5S/c1-12(2)18(22(34)35)30-20(32)16(4-5-36-3)28-21(33)17(7-14-9-25-11-27-14)29-19(31)15(23)6-13-8-24-10-26-13/h8-12,15-18H,4-7,23H2,1-3H3,(H,24,26)(H,25,27)(H,28,33)(H,29,31)(H,30,32)(H,34,35). The lowest BCUT2D eigenvalue weighted by Crippen LogP contribution is -2.58. The van der Waals surface area contributed by atoms with Gasteiger partial charge in [-0.25, -0.2) is 14.8 Å². The first kappa shape index (κ1) is 28.8. The molecule has 0 radical (unpaired) electrons. The van der Waals surface area contributed by atoms with Crippen LogP contribution < -0.4 is 21.7 Å². The van der Waals surface area contributed by atoms with Gasteiger partial charge >= 0.3 is 5.97 Å². The molecule has 2 heterocycles. The third-order valence-corrected chi connectivity index (χ3v) is 6.06. The Morgan fingerprint density at radius 2 is 1.50 bits per heavy atom. The number of aromatic nitrogens is 4. The molecule has 0 saturated carbocycles. The van der Waals surface area contributed by atoms with Crippen LogP contribution in [0.15, 0.2) is 25.0 Å². The summed E-state index contributed by atoms with van der Waals surface area (Å²) >= 11 is 1.48. The summed E-state index contributed by atoms with van der Waals surface area (Å²) in [5.41, 5.74) is 7.28. The predicted octanol–water partition coefficient (Wildman–Crippen LogP) is -0.807. The van der Waals surface area contributed by atoms with Gasteiger partial charge in [0, 0.05) is 36.6 Å². The molecule has 4 unspecified atom stereocenters. The highest BCUT2D eigenvalue weighted by atomic mass is 32.2. The zero-order valence-corrected chi connectivity index (χ0v) is 21.3. The van der Waals surface area contributed by atoms with Gasteiger partial charge in [-0.15, -0.1) is 0 Å². The van der Waals surface area contributed by atoms with E-state index in [1.54, 1.807) is 20.0 Å². The number of imidazole rings is 2. The Labute approximate surface area is 213 Å². The molecule has 0 aromatic carbocycles. The maximum atomic E-state index is 13.3. The fraction of sp³-hybridized carbons (Fsp3) is 0.545. The molecule has 2 aromatic rings. The number of carboxylic acid groups (broad SMARTS) is 1. The minimum Gasteiger partial charge on any atom is -0.480 e. The third-order valence-electron chi connectivity index (χ3n) is 5.42. The van der Waals surface area contributed by atoms with E-state index in [-0.39, 0.29) is 25.2 Å². The average molecular weight is 523 g/mol. The molecule has 4 atom stereocenters. The molecule has 3 amide bonds. The molecule has 0 fully saturated rings. The first-order chi connectivity index (χ1) is 17.1. The highest BCUT2D eigenvalue weighted by Gasteiger charge is 2.31. The SMILES string of the molecule is CSCCC(NC(=O)C(Cc1cnc[nH]1)NC(=O)C(N)Cc1cnc[nH]1)C(=O)NC(C(=O)O)C(C)C. The Hall–Kier alpha value is -3.39. The van der Waals surface area contributed by atoms with E-state index in [9.17, 15) is 24.3 Å². The molecular weight excluding hydrogens is 488 g/mol. The third kappa shape index (κ3) is 9.00. The van der Waals surface area contributed by atoms with Gasteiger partial charge < -0.3 is 36.8 Å². The maximum Gasteiger partial charge on any atom is 0.326 e. The van der Waals surface area contributed by atoms with Crippen LogP contribution in [0.4, 0.5) is 0 Å². The van der Waals surface area contributed by atoms with Crippen LogP contribution in [0, 0.1) is 5.92 Å². The molecule has 14 heteroatoms. The largest absolute Gasteiger partial charge is 0.480 e. The number of carbonyl (C=O) groups excluding carboxylic acids is 3. The number of amides is 3. The topological polar surface area (TPSA) is 208 Å². The van der Waals surface area contributed by atoms with Gasteiger partial charge in [0.05, 0.1) is 18.7 Å². The number of nitrogens with two attached hydrogens (primary N) is 1. The second kappa shape index (κ2) is 14.2. The van der Waals surface area contributed by atoms with E-state index < -0.39 is 47.9 Å². The first-order valence-corrected chi connectivity index (χ1v) is 12.8. The molecular formula is C22H34N8O5S. The summed E-state index contributed by atoms with van der Waals surface area (Å²) in [6.07, 6.45) is 8.39. The molecule has 0 aliphatic rings. The number of H-pyrrole nitrogens is 2. The van der Waals surface area contributed by atoms with Crippen molar-refractivity contribution < 1.29 is 24.3 Å². The Morgan fingerprint density at radius 1 is 0.944 bits per heavy atom. The minimum absolute atomic E-state index is 0.0783. The van der Waals surface area contributed by atoms with Crippen molar-refractivity contribution in [3.63, 3.8) is 0 Å². The second-order valence-electron chi connectivity index (χ2n) is 8.64. The Bertz CT molecular complexity index is 983. The van der Waals surface area contributed by atoms with Crippen molar-refractivity contribution in [2.24, 2.45) is 11.7 Å². The number of hydrogen-bond acceptors (Lipinski definition) is 8. The van der Waals surface area contributed by atoms with Crippen molar-refractivity contribution in [3.8, 4) is 0 Å². The van der Waals surface area contributed by atoms with Crippen LogP contribution in [0.25, 0.3) is 0 Å². The van der Waals surface area contributed by atoms with Gasteiger partial charge in [-0.3, -0.25) is 14.4 Å². The highest BCUT2D eigenvalue weighted by Crippen LogP contribution is 2.08. The first-order valence-electron chi connectivity index (χ1n) is 11.4. The smallest absolute Gasteiger partial charge is 0.326 e. The number of carbonyl (C=O) groups is 4. The Morgan fingerprint density at radius 3 is 2.00 bits per heavy atom. The van der Waals surface area contributed by atoms with Gasteiger partial charge in [0.1, 0.15) is 18.1 Å². The van der Waals surface area contributed by atoms with Crippen molar-refractivity contribution >= 4 is 35.5 Å². The van der Waals surface area contributed by atoms with E-state index in [1.165, 1.54) is 30.6 Å². The molecule has 13 nitrogen and oxygen atoms in total. The zero-order valence-electron chi connectivity index (χ0n) is 20.5. The maximum absolute atomic E-state index is 13.3. The van der Waals surface area contributed by atoms with Gasteiger partial charge in [-0.2, -0.15) is 11.8 Å². The lowest BCUT2D eigenvalue weighted by molar-refractivity contribution is -0.143. The average Bonchev–Trinajstić information content (AvgIpc) is 3.53. The second-order valence-corrected chi connectivity index (χ2v) is 9.63. The number of aliphatic carboxylic acids is 1. The zero-order chi connectivity index (χ0) is 26.7. The molecule has 36 heavy (non-hydrogen) atoms. The normalized spacial score (nSPS) is 14.5. The summed E-state index contributed by atoms with van der Waals surface area (Å²) in [5.74, 6) is -2.74. The van der Waals surface area contributed by atoms with Gasteiger partial charge in [0.15, 0.2) is 0 Å². The number of aromatic amines is 2. The molecule has 2 aromatic heterocycles. The van der Waals surface area contributed by atoms with E-state index >= 15 is 0 Å². The van der Waals surface area contributed by atoms with Crippen molar-refractivity contribution in [3.05, 3.63) is 36.4 Å². The molecule has 2 rings (SSSR count). The van der Waals surface area contributed by atoms with Crippen molar-refractivity contribution in [2.75, 3.05) is 12.0 Å². The fourth-order valence-corrected chi connectivity index (χ4v) is 3.85. The number of nitrogens with zero attached hydrogens (tertiary/aromatic N) is 2. The number of nitrogens with one attached hydrogen (secondary N) is 5.